The molecule has 1 N–H and O–H groups in total. The Hall–Kier alpha value is -2.30. The van der Waals surface area contributed by atoms with E-state index in [1.807, 2.05) is 0 Å². The van der Waals surface area contributed by atoms with E-state index in [2.05, 4.69) is 4.72 Å². The minimum atomic E-state index is -4.27. The van der Waals surface area contributed by atoms with E-state index in [0.717, 1.165) is 12.1 Å². The van der Waals surface area contributed by atoms with Gasteiger partial charge < -0.3 is 0 Å². The van der Waals surface area contributed by atoms with Gasteiger partial charge in [-0.05, 0) is 17.7 Å². The van der Waals surface area contributed by atoms with Crippen LogP contribution in [0.3, 0.4) is 0 Å². The van der Waals surface area contributed by atoms with Crippen molar-refractivity contribution in [2.75, 3.05) is 5.75 Å². The maximum Gasteiger partial charge on any atom is 0.289 e. The minimum absolute atomic E-state index is 0.0697. The number of sulfonamides is 1. The SMILES string of the molecule is O=[N+]([O-])c1ccccc1S(=O)(=O)N[C@@H]1CS(=O)(=O)c2ccccc21. The summed E-state index contributed by atoms with van der Waals surface area (Å²) in [5.41, 5.74) is -0.237. The largest absolute Gasteiger partial charge is 0.289 e. The van der Waals surface area contributed by atoms with Crippen molar-refractivity contribution in [3.8, 4) is 0 Å². The third kappa shape index (κ3) is 2.79. The zero-order chi connectivity index (χ0) is 17.5. The molecular weight excluding hydrogens is 356 g/mol. The van der Waals surface area contributed by atoms with Crippen LogP contribution in [0.15, 0.2) is 58.3 Å². The number of nitrogens with one attached hydrogen (secondary N) is 1. The van der Waals surface area contributed by atoms with Crippen molar-refractivity contribution in [1.82, 2.24) is 4.72 Å². The van der Waals surface area contributed by atoms with Crippen LogP contribution in [0, 0.1) is 10.1 Å². The van der Waals surface area contributed by atoms with Gasteiger partial charge in [-0.2, -0.15) is 0 Å². The summed E-state index contributed by atoms with van der Waals surface area (Å²) >= 11 is 0. The Morgan fingerprint density at radius 3 is 2.42 bits per heavy atom. The Kier molecular flexibility index (Phi) is 3.90. The molecule has 1 atom stereocenters. The van der Waals surface area contributed by atoms with E-state index in [0.29, 0.717) is 5.56 Å². The highest BCUT2D eigenvalue weighted by Crippen LogP contribution is 2.34. The Morgan fingerprint density at radius 2 is 1.71 bits per heavy atom. The fourth-order valence-electron chi connectivity index (χ4n) is 2.63. The van der Waals surface area contributed by atoms with E-state index in [9.17, 15) is 26.9 Å². The van der Waals surface area contributed by atoms with E-state index in [1.165, 1.54) is 24.3 Å². The minimum Gasteiger partial charge on any atom is -0.258 e. The molecule has 1 aliphatic rings. The molecule has 0 spiro atoms. The second-order valence-corrected chi connectivity index (χ2v) is 8.90. The van der Waals surface area contributed by atoms with Crippen molar-refractivity contribution in [2.45, 2.75) is 15.8 Å². The van der Waals surface area contributed by atoms with Gasteiger partial charge in [0, 0.05) is 6.07 Å². The van der Waals surface area contributed by atoms with Gasteiger partial charge in [-0.3, -0.25) is 10.1 Å². The summed E-state index contributed by atoms with van der Waals surface area (Å²) in [6.45, 7) is 0. The highest BCUT2D eigenvalue weighted by Gasteiger charge is 2.38. The summed E-state index contributed by atoms with van der Waals surface area (Å²) in [5, 5.41) is 11.0. The summed E-state index contributed by atoms with van der Waals surface area (Å²) in [7, 11) is -7.86. The van der Waals surface area contributed by atoms with E-state index in [4.69, 9.17) is 0 Å². The van der Waals surface area contributed by atoms with Crippen LogP contribution < -0.4 is 4.72 Å². The van der Waals surface area contributed by atoms with Crippen molar-refractivity contribution < 1.29 is 21.8 Å². The number of hydrogen-bond donors (Lipinski definition) is 1. The van der Waals surface area contributed by atoms with Crippen LogP contribution in [0.2, 0.25) is 0 Å². The molecule has 0 unspecified atom stereocenters. The molecule has 10 heteroatoms. The van der Waals surface area contributed by atoms with E-state index in [1.54, 1.807) is 12.1 Å². The molecule has 126 valence electrons. The van der Waals surface area contributed by atoms with Crippen molar-refractivity contribution in [1.29, 1.82) is 0 Å². The topological polar surface area (TPSA) is 123 Å². The molecule has 2 aromatic rings. The Bertz CT molecular complexity index is 1030. The van der Waals surface area contributed by atoms with Gasteiger partial charge >= 0.3 is 0 Å². The van der Waals surface area contributed by atoms with Crippen molar-refractivity contribution in [2.24, 2.45) is 0 Å². The van der Waals surface area contributed by atoms with Crippen molar-refractivity contribution >= 4 is 25.5 Å². The van der Waals surface area contributed by atoms with Crippen molar-refractivity contribution in [3.05, 3.63) is 64.2 Å². The molecule has 3 rings (SSSR count). The number of nitro groups is 1. The Morgan fingerprint density at radius 1 is 1.08 bits per heavy atom. The number of hydrogen-bond acceptors (Lipinski definition) is 6. The average molecular weight is 368 g/mol. The molecule has 2 aromatic carbocycles. The summed E-state index contributed by atoms with van der Waals surface area (Å²) in [6.07, 6.45) is 0. The number of fused-ring (bicyclic) bond motifs is 1. The smallest absolute Gasteiger partial charge is 0.258 e. The monoisotopic (exact) mass is 368 g/mol. The first-order valence-corrected chi connectivity index (χ1v) is 9.93. The van der Waals surface area contributed by atoms with E-state index >= 15 is 0 Å². The van der Waals surface area contributed by atoms with E-state index < -0.39 is 47.2 Å². The van der Waals surface area contributed by atoms with Gasteiger partial charge in [0.2, 0.25) is 10.0 Å². The van der Waals surface area contributed by atoms with Gasteiger partial charge in [0.25, 0.3) is 5.69 Å². The molecule has 0 saturated carbocycles. The third-order valence-electron chi connectivity index (χ3n) is 3.66. The molecule has 0 aromatic heterocycles. The Balaban J connectivity index is 2.02. The normalized spacial score (nSPS) is 18.9. The first kappa shape index (κ1) is 16.6. The fourth-order valence-corrected chi connectivity index (χ4v) is 5.86. The summed E-state index contributed by atoms with van der Waals surface area (Å²) < 4.78 is 51.6. The number of para-hydroxylation sites is 1. The van der Waals surface area contributed by atoms with Gasteiger partial charge in [0.1, 0.15) is 0 Å². The van der Waals surface area contributed by atoms with Crippen molar-refractivity contribution in [3.63, 3.8) is 0 Å². The standard InChI is InChI=1S/C14H12N2O6S2/c17-16(18)12-6-2-4-8-14(12)24(21,22)15-11-9-23(19,20)13-7-3-1-5-10(11)13/h1-8,11,15H,9H2/t11-/m1/s1. The molecule has 0 aliphatic carbocycles. The molecule has 0 bridgehead atoms. The molecule has 0 radical (unpaired) electrons. The highest BCUT2D eigenvalue weighted by molar-refractivity contribution is 7.92. The van der Waals surface area contributed by atoms with Gasteiger partial charge in [-0.25, -0.2) is 21.6 Å². The van der Waals surface area contributed by atoms with Crippen LogP contribution in [-0.2, 0) is 19.9 Å². The van der Waals surface area contributed by atoms with Gasteiger partial charge in [-0.15, -0.1) is 0 Å². The molecule has 8 nitrogen and oxygen atoms in total. The predicted molar refractivity (Wildman–Crippen MR) is 84.7 cm³/mol. The van der Waals surface area contributed by atoms with E-state index in [-0.39, 0.29) is 4.90 Å². The first-order valence-electron chi connectivity index (χ1n) is 6.80. The zero-order valence-electron chi connectivity index (χ0n) is 12.1. The molecule has 0 saturated heterocycles. The lowest BCUT2D eigenvalue weighted by Gasteiger charge is -2.13. The maximum atomic E-state index is 12.5. The summed E-state index contributed by atoms with van der Waals surface area (Å²) in [6, 6.07) is 9.99. The molecule has 0 amide bonds. The first-order chi connectivity index (χ1) is 11.2. The molecule has 24 heavy (non-hydrogen) atoms. The molecule has 0 fully saturated rings. The van der Waals surface area contributed by atoms with Crippen LogP contribution in [0.5, 0.6) is 0 Å². The van der Waals surface area contributed by atoms with Gasteiger partial charge in [-0.1, -0.05) is 30.3 Å². The quantitative estimate of drug-likeness (QED) is 0.643. The van der Waals surface area contributed by atoms with Gasteiger partial charge in [0.15, 0.2) is 14.7 Å². The van der Waals surface area contributed by atoms with Crippen LogP contribution in [0.4, 0.5) is 5.69 Å². The number of rotatable bonds is 4. The third-order valence-corrected chi connectivity index (χ3v) is 7.00. The fraction of sp³-hybridized carbons (Fsp3) is 0.143. The van der Waals surface area contributed by atoms with Crippen LogP contribution in [0.1, 0.15) is 11.6 Å². The predicted octanol–water partition coefficient (Wildman–Crippen LogP) is 1.40. The number of nitrogens with zero attached hydrogens (tertiary/aromatic N) is 1. The zero-order valence-corrected chi connectivity index (χ0v) is 13.7. The lowest BCUT2D eigenvalue weighted by atomic mass is 10.1. The highest BCUT2D eigenvalue weighted by atomic mass is 32.2. The molecule has 1 heterocycles. The Labute approximate surface area is 138 Å². The van der Waals surface area contributed by atoms with Gasteiger partial charge in [0.05, 0.1) is 21.6 Å². The molecule has 1 aliphatic heterocycles. The van der Waals surface area contributed by atoms with Crippen LogP contribution >= 0.6 is 0 Å². The van der Waals surface area contributed by atoms with Crippen LogP contribution in [0.25, 0.3) is 0 Å². The second kappa shape index (κ2) is 5.65. The summed E-state index contributed by atoms with van der Waals surface area (Å²) in [4.78, 5) is 9.79. The number of nitro benzene ring substituents is 1. The summed E-state index contributed by atoms with van der Waals surface area (Å²) in [5.74, 6) is -0.424. The maximum absolute atomic E-state index is 12.5. The lowest BCUT2D eigenvalue weighted by molar-refractivity contribution is -0.387. The lowest BCUT2D eigenvalue weighted by Crippen LogP contribution is -2.30. The number of benzene rings is 2. The van der Waals surface area contributed by atoms with Crippen LogP contribution in [-0.4, -0.2) is 27.5 Å². The average Bonchev–Trinajstić information content (AvgIpc) is 2.78. The molecular formula is C14H12N2O6S2. The second-order valence-electron chi connectivity index (χ2n) is 5.22. The number of sulfone groups is 1.